The number of nitrogens with zero attached hydrogens (tertiary/aromatic N) is 4. The van der Waals surface area contributed by atoms with Crippen LogP contribution in [0.1, 0.15) is 23.8 Å². The first-order valence-corrected chi connectivity index (χ1v) is 10.1. The topological polar surface area (TPSA) is 124 Å². The van der Waals surface area contributed by atoms with Crippen molar-refractivity contribution < 1.29 is 9.21 Å². The van der Waals surface area contributed by atoms with Gasteiger partial charge in [0.25, 0.3) is 5.91 Å². The summed E-state index contributed by atoms with van der Waals surface area (Å²) in [6.45, 7) is 0. The molecule has 8 nitrogen and oxygen atoms in total. The molecule has 4 N–H and O–H groups in total. The van der Waals surface area contributed by atoms with Gasteiger partial charge in [-0.2, -0.15) is 5.10 Å². The molecule has 1 amide bonds. The maximum Gasteiger partial charge on any atom is 0.253 e. The number of halogens is 1. The van der Waals surface area contributed by atoms with Crippen LogP contribution in [0.25, 0.3) is 0 Å². The van der Waals surface area contributed by atoms with E-state index in [0.29, 0.717) is 22.4 Å². The molecule has 1 atom stereocenters. The molecule has 3 heterocycles. The third-order valence-electron chi connectivity index (χ3n) is 4.28. The van der Waals surface area contributed by atoms with Gasteiger partial charge in [0.15, 0.2) is 5.16 Å². The molecule has 0 saturated carbocycles. The van der Waals surface area contributed by atoms with E-state index in [9.17, 15) is 4.79 Å². The zero-order valence-corrected chi connectivity index (χ0v) is 16.7. The zero-order valence-electron chi connectivity index (χ0n) is 15.2. The number of nitrogen functional groups attached to an aromatic ring is 2. The number of thioether (sulfide) groups is 1. The lowest BCUT2D eigenvalue weighted by Crippen LogP contribution is -2.28. The van der Waals surface area contributed by atoms with Crippen LogP contribution in [0.4, 0.5) is 11.6 Å². The molecule has 1 aliphatic rings. The summed E-state index contributed by atoms with van der Waals surface area (Å²) in [7, 11) is 0. The number of anilines is 2. The lowest BCUT2D eigenvalue weighted by Gasteiger charge is -2.19. The monoisotopic (exact) mass is 428 g/mol. The Bertz CT molecular complexity index is 1030. The normalized spacial score (nSPS) is 16.1. The van der Waals surface area contributed by atoms with Crippen molar-refractivity contribution in [2.75, 3.05) is 17.2 Å². The molecule has 0 saturated heterocycles. The number of aromatic nitrogens is 2. The first kappa shape index (κ1) is 19.3. The van der Waals surface area contributed by atoms with E-state index in [1.807, 2.05) is 18.2 Å². The van der Waals surface area contributed by atoms with Crippen molar-refractivity contribution in [3.63, 3.8) is 0 Å². The van der Waals surface area contributed by atoms with Gasteiger partial charge < -0.3 is 15.9 Å². The Morgan fingerprint density at radius 2 is 1.93 bits per heavy atom. The van der Waals surface area contributed by atoms with Gasteiger partial charge in [-0.15, -0.1) is 0 Å². The fourth-order valence-electron chi connectivity index (χ4n) is 2.98. The van der Waals surface area contributed by atoms with Gasteiger partial charge in [-0.05, 0) is 29.8 Å². The smallest absolute Gasteiger partial charge is 0.253 e. The number of hydrazone groups is 1. The van der Waals surface area contributed by atoms with Gasteiger partial charge in [-0.25, -0.2) is 15.0 Å². The number of furan rings is 1. The second kappa shape index (κ2) is 8.14. The van der Waals surface area contributed by atoms with Crippen LogP contribution < -0.4 is 11.5 Å². The van der Waals surface area contributed by atoms with Gasteiger partial charge >= 0.3 is 0 Å². The molecule has 0 spiro atoms. The molecule has 4 rings (SSSR count). The van der Waals surface area contributed by atoms with Crippen molar-refractivity contribution in [2.45, 2.75) is 17.6 Å². The Balaban J connectivity index is 1.55. The number of carbonyl (C=O) groups excluding carboxylic acids is 1. The van der Waals surface area contributed by atoms with E-state index in [1.165, 1.54) is 11.1 Å². The average molecular weight is 429 g/mol. The van der Waals surface area contributed by atoms with E-state index in [2.05, 4.69) is 15.1 Å². The van der Waals surface area contributed by atoms with Crippen LogP contribution in [-0.2, 0) is 4.79 Å². The zero-order chi connectivity index (χ0) is 20.4. The van der Waals surface area contributed by atoms with Crippen LogP contribution in [0.15, 0.2) is 63.4 Å². The van der Waals surface area contributed by atoms with Crippen LogP contribution in [0.2, 0.25) is 5.02 Å². The minimum absolute atomic E-state index is 0.0809. The van der Waals surface area contributed by atoms with Crippen molar-refractivity contribution in [1.82, 2.24) is 15.0 Å². The Morgan fingerprint density at radius 3 is 2.59 bits per heavy atom. The quantitative estimate of drug-likeness (QED) is 0.471. The molecule has 29 heavy (non-hydrogen) atoms. The number of benzene rings is 1. The highest BCUT2D eigenvalue weighted by Crippen LogP contribution is 2.34. The van der Waals surface area contributed by atoms with E-state index in [1.54, 1.807) is 24.5 Å². The standard InChI is InChI=1S/C19H17ClN6O2S/c20-12-5-3-11(4-6-12)13-8-14(15-2-1-7-28-15)26(25-13)18(27)10-29-19-23-16(21)9-17(22)24-19/h1-7,9,14H,8,10H2,(H4,21,22,23,24). The highest BCUT2D eigenvalue weighted by molar-refractivity contribution is 7.99. The molecule has 0 radical (unpaired) electrons. The fraction of sp³-hybridized carbons (Fsp3) is 0.158. The van der Waals surface area contributed by atoms with E-state index in [0.717, 1.165) is 23.0 Å². The predicted molar refractivity (Wildman–Crippen MR) is 112 cm³/mol. The van der Waals surface area contributed by atoms with Crippen LogP contribution in [0.3, 0.4) is 0 Å². The van der Waals surface area contributed by atoms with Crippen LogP contribution >= 0.6 is 23.4 Å². The van der Waals surface area contributed by atoms with Gasteiger partial charge in [0.05, 0.1) is 17.7 Å². The summed E-state index contributed by atoms with van der Waals surface area (Å²) >= 11 is 7.13. The molecule has 1 unspecified atom stereocenters. The maximum absolute atomic E-state index is 12.9. The van der Waals surface area contributed by atoms with Crippen LogP contribution in [0, 0.1) is 0 Å². The van der Waals surface area contributed by atoms with Crippen molar-refractivity contribution in [2.24, 2.45) is 5.10 Å². The average Bonchev–Trinajstić information content (AvgIpc) is 3.35. The number of carbonyl (C=O) groups is 1. The molecule has 1 aliphatic heterocycles. The van der Waals surface area contributed by atoms with Crippen molar-refractivity contribution in [3.05, 3.63) is 65.1 Å². The minimum atomic E-state index is -0.324. The summed E-state index contributed by atoms with van der Waals surface area (Å²) in [6.07, 6.45) is 2.11. The van der Waals surface area contributed by atoms with E-state index in [-0.39, 0.29) is 29.3 Å². The number of hydrogen-bond donors (Lipinski definition) is 2. The number of rotatable bonds is 5. The summed E-state index contributed by atoms with van der Waals surface area (Å²) in [5, 5.41) is 7.00. The second-order valence-corrected chi connectivity index (χ2v) is 7.70. The highest BCUT2D eigenvalue weighted by Gasteiger charge is 2.34. The molecular formula is C19H17ClN6O2S. The summed E-state index contributed by atoms with van der Waals surface area (Å²) in [5.41, 5.74) is 13.1. The minimum Gasteiger partial charge on any atom is -0.467 e. The highest BCUT2D eigenvalue weighted by atomic mass is 35.5. The molecule has 2 aromatic heterocycles. The fourth-order valence-corrected chi connectivity index (χ4v) is 3.83. The predicted octanol–water partition coefficient (Wildman–Crippen LogP) is 3.36. The SMILES string of the molecule is Nc1cc(N)nc(SCC(=O)N2N=C(c3ccc(Cl)cc3)CC2c2ccco2)n1. The summed E-state index contributed by atoms with van der Waals surface area (Å²) in [4.78, 5) is 21.1. The lowest BCUT2D eigenvalue weighted by molar-refractivity contribution is -0.130. The van der Waals surface area contributed by atoms with E-state index < -0.39 is 0 Å². The Morgan fingerprint density at radius 1 is 1.21 bits per heavy atom. The molecule has 3 aromatic rings. The van der Waals surface area contributed by atoms with Crippen LogP contribution in [-0.4, -0.2) is 32.3 Å². The molecule has 0 aliphatic carbocycles. The Labute approximate surface area is 175 Å². The molecule has 0 fully saturated rings. The van der Waals surface area contributed by atoms with Gasteiger partial charge in [0.1, 0.15) is 23.4 Å². The number of amides is 1. The molecule has 1 aromatic carbocycles. The molecule has 0 bridgehead atoms. The molecule has 148 valence electrons. The lowest BCUT2D eigenvalue weighted by atomic mass is 10.0. The third-order valence-corrected chi connectivity index (χ3v) is 5.37. The van der Waals surface area contributed by atoms with Crippen molar-refractivity contribution in [3.8, 4) is 0 Å². The van der Waals surface area contributed by atoms with Gasteiger partial charge in [-0.1, -0.05) is 35.5 Å². The van der Waals surface area contributed by atoms with E-state index in [4.69, 9.17) is 27.5 Å². The Kier molecular flexibility index (Phi) is 5.41. The van der Waals surface area contributed by atoms with Crippen molar-refractivity contribution >= 4 is 46.6 Å². The Hall–Kier alpha value is -3.04. The first-order valence-electron chi connectivity index (χ1n) is 8.71. The maximum atomic E-state index is 12.9. The first-order chi connectivity index (χ1) is 14.0. The second-order valence-electron chi connectivity index (χ2n) is 6.32. The van der Waals surface area contributed by atoms with Gasteiger partial charge in [0, 0.05) is 17.5 Å². The molecule has 10 heteroatoms. The number of nitrogens with two attached hydrogens (primary N) is 2. The van der Waals surface area contributed by atoms with Gasteiger partial charge in [0.2, 0.25) is 0 Å². The van der Waals surface area contributed by atoms with Crippen LogP contribution in [0.5, 0.6) is 0 Å². The van der Waals surface area contributed by atoms with Crippen molar-refractivity contribution in [1.29, 1.82) is 0 Å². The third kappa shape index (κ3) is 4.36. The summed E-state index contributed by atoms with van der Waals surface area (Å²) in [6, 6.07) is 12.1. The largest absolute Gasteiger partial charge is 0.467 e. The summed E-state index contributed by atoms with van der Waals surface area (Å²) in [5.74, 6) is 1.05. The van der Waals surface area contributed by atoms with Gasteiger partial charge in [-0.3, -0.25) is 4.79 Å². The summed E-state index contributed by atoms with van der Waals surface area (Å²) < 4.78 is 5.54. The number of hydrogen-bond acceptors (Lipinski definition) is 8. The molecular weight excluding hydrogens is 412 g/mol. The van der Waals surface area contributed by atoms with E-state index >= 15 is 0 Å².